The number of fused-ring (bicyclic) bond motifs is 1. The molecule has 3 heteroatoms. The highest BCUT2D eigenvalue weighted by Gasteiger charge is 2.18. The highest BCUT2D eigenvalue weighted by atomic mass is 16.5. The van der Waals surface area contributed by atoms with Crippen LogP contribution in [0.5, 0.6) is 11.5 Å². The summed E-state index contributed by atoms with van der Waals surface area (Å²) in [6.45, 7) is 0.894. The van der Waals surface area contributed by atoms with Gasteiger partial charge in [-0.2, -0.15) is 0 Å². The van der Waals surface area contributed by atoms with E-state index in [-0.39, 0.29) is 0 Å². The Morgan fingerprint density at radius 2 is 1.94 bits per heavy atom. The minimum atomic E-state index is 0.359. The molecule has 0 amide bonds. The minimum Gasteiger partial charge on any atom is -0.489 e. The van der Waals surface area contributed by atoms with Gasteiger partial charge in [-0.1, -0.05) is 30.3 Å². The van der Waals surface area contributed by atoms with Gasteiger partial charge in [0.25, 0.3) is 0 Å². The molecule has 1 aliphatic rings. The first-order chi connectivity index (χ1) is 8.83. The lowest BCUT2D eigenvalue weighted by Gasteiger charge is -2.07. The van der Waals surface area contributed by atoms with Crippen LogP contribution in [0.4, 0.5) is 0 Å². The maximum atomic E-state index is 7.74. The number of rotatable bonds is 3. The van der Waals surface area contributed by atoms with E-state index in [0.717, 1.165) is 22.6 Å². The zero-order chi connectivity index (χ0) is 12.4. The Morgan fingerprint density at radius 3 is 2.78 bits per heavy atom. The molecule has 0 spiro atoms. The van der Waals surface area contributed by atoms with E-state index in [9.17, 15) is 0 Å². The van der Waals surface area contributed by atoms with E-state index in [2.05, 4.69) is 0 Å². The van der Waals surface area contributed by atoms with Gasteiger partial charge in [-0.25, -0.2) is 0 Å². The molecule has 0 unspecified atom stereocenters. The van der Waals surface area contributed by atoms with Crippen LogP contribution in [0.2, 0.25) is 0 Å². The lowest BCUT2D eigenvalue weighted by atomic mass is 10.1. The van der Waals surface area contributed by atoms with Crippen LogP contribution in [-0.2, 0) is 6.61 Å². The van der Waals surface area contributed by atoms with Crippen molar-refractivity contribution in [3.63, 3.8) is 0 Å². The van der Waals surface area contributed by atoms with Crippen LogP contribution in [0.25, 0.3) is 0 Å². The van der Waals surface area contributed by atoms with Gasteiger partial charge in [0.05, 0.1) is 5.71 Å². The van der Waals surface area contributed by atoms with Crippen molar-refractivity contribution in [2.45, 2.75) is 6.61 Å². The lowest BCUT2D eigenvalue weighted by Crippen LogP contribution is -1.99. The first-order valence-corrected chi connectivity index (χ1v) is 5.84. The highest BCUT2D eigenvalue weighted by molar-refractivity contribution is 6.04. The van der Waals surface area contributed by atoms with Crippen LogP contribution >= 0.6 is 0 Å². The van der Waals surface area contributed by atoms with Crippen LogP contribution in [0.1, 0.15) is 11.1 Å². The molecule has 2 aromatic rings. The monoisotopic (exact) mass is 239 g/mol. The van der Waals surface area contributed by atoms with Gasteiger partial charge in [0.1, 0.15) is 24.7 Å². The van der Waals surface area contributed by atoms with Gasteiger partial charge in [-0.05, 0) is 23.8 Å². The number of hydrogen-bond acceptors (Lipinski definition) is 3. The lowest BCUT2D eigenvalue weighted by molar-refractivity contribution is 0.305. The normalized spacial score (nSPS) is 13.0. The average molecular weight is 239 g/mol. The Bertz CT molecular complexity index is 578. The molecule has 3 nitrogen and oxygen atoms in total. The van der Waals surface area contributed by atoms with Crippen molar-refractivity contribution >= 4 is 5.71 Å². The molecular formula is C15H13NO2. The Morgan fingerprint density at radius 1 is 1.11 bits per heavy atom. The highest BCUT2D eigenvalue weighted by Crippen LogP contribution is 2.29. The summed E-state index contributed by atoms with van der Waals surface area (Å²) >= 11 is 0. The summed E-state index contributed by atoms with van der Waals surface area (Å²) in [5.41, 5.74) is 2.47. The van der Waals surface area contributed by atoms with Crippen LogP contribution in [0.3, 0.4) is 0 Å². The minimum absolute atomic E-state index is 0.359. The maximum absolute atomic E-state index is 7.74. The van der Waals surface area contributed by atoms with Crippen molar-refractivity contribution in [3.8, 4) is 11.5 Å². The molecule has 0 aliphatic carbocycles. The molecule has 18 heavy (non-hydrogen) atoms. The first kappa shape index (κ1) is 10.8. The van der Waals surface area contributed by atoms with Crippen molar-refractivity contribution in [1.82, 2.24) is 0 Å². The fraction of sp³-hybridized carbons (Fsp3) is 0.133. The van der Waals surface area contributed by atoms with Gasteiger partial charge in [0.2, 0.25) is 0 Å². The molecule has 0 saturated carbocycles. The fourth-order valence-electron chi connectivity index (χ4n) is 1.93. The molecular weight excluding hydrogens is 226 g/mol. The molecule has 1 N–H and O–H groups in total. The van der Waals surface area contributed by atoms with E-state index < -0.39 is 0 Å². The third-order valence-corrected chi connectivity index (χ3v) is 2.90. The fourth-order valence-corrected chi connectivity index (χ4v) is 1.93. The Balaban J connectivity index is 1.74. The molecule has 0 atom stereocenters. The van der Waals surface area contributed by atoms with Gasteiger partial charge in [-0.15, -0.1) is 0 Å². The average Bonchev–Trinajstić information content (AvgIpc) is 2.79. The van der Waals surface area contributed by atoms with Crippen molar-refractivity contribution < 1.29 is 9.47 Å². The second-order valence-electron chi connectivity index (χ2n) is 4.20. The van der Waals surface area contributed by atoms with E-state index in [1.165, 1.54) is 0 Å². The molecule has 3 rings (SSSR count). The maximum Gasteiger partial charge on any atom is 0.130 e. The van der Waals surface area contributed by atoms with Crippen molar-refractivity contribution in [2.75, 3.05) is 6.61 Å². The SMILES string of the molecule is N=C1COc2ccc(OCc3ccccc3)cc21. The number of benzene rings is 2. The molecule has 1 heterocycles. The number of hydrogen-bond donors (Lipinski definition) is 1. The second kappa shape index (κ2) is 4.53. The van der Waals surface area contributed by atoms with Gasteiger partial charge in [0.15, 0.2) is 0 Å². The standard InChI is InChI=1S/C15H13NO2/c16-14-10-18-15-7-6-12(8-13(14)15)17-9-11-4-2-1-3-5-11/h1-8,16H,9-10H2. The number of ether oxygens (including phenoxy) is 2. The molecule has 90 valence electrons. The van der Waals surface area contributed by atoms with Crippen molar-refractivity contribution in [1.29, 1.82) is 5.41 Å². The van der Waals surface area contributed by atoms with E-state index in [0.29, 0.717) is 18.9 Å². The molecule has 1 aliphatic heterocycles. The molecule has 0 aromatic heterocycles. The van der Waals surface area contributed by atoms with E-state index in [4.69, 9.17) is 14.9 Å². The van der Waals surface area contributed by atoms with Crippen LogP contribution in [0, 0.1) is 5.41 Å². The molecule has 0 bridgehead atoms. The third kappa shape index (κ3) is 2.07. The van der Waals surface area contributed by atoms with E-state index in [1.54, 1.807) is 0 Å². The second-order valence-corrected chi connectivity index (χ2v) is 4.20. The van der Waals surface area contributed by atoms with Crippen LogP contribution < -0.4 is 9.47 Å². The van der Waals surface area contributed by atoms with Crippen molar-refractivity contribution in [3.05, 3.63) is 59.7 Å². The number of nitrogens with one attached hydrogen (secondary N) is 1. The third-order valence-electron chi connectivity index (χ3n) is 2.90. The van der Waals surface area contributed by atoms with Crippen molar-refractivity contribution in [2.24, 2.45) is 0 Å². The Kier molecular flexibility index (Phi) is 2.73. The van der Waals surface area contributed by atoms with Crippen LogP contribution in [0.15, 0.2) is 48.5 Å². The molecule has 0 saturated heterocycles. The zero-order valence-corrected chi connectivity index (χ0v) is 9.85. The van der Waals surface area contributed by atoms with E-state index in [1.807, 2.05) is 48.5 Å². The van der Waals surface area contributed by atoms with Gasteiger partial charge < -0.3 is 14.9 Å². The van der Waals surface area contributed by atoms with Gasteiger partial charge in [0, 0.05) is 5.56 Å². The smallest absolute Gasteiger partial charge is 0.130 e. The van der Waals surface area contributed by atoms with E-state index >= 15 is 0 Å². The molecule has 0 fully saturated rings. The zero-order valence-electron chi connectivity index (χ0n) is 9.85. The summed E-state index contributed by atoms with van der Waals surface area (Å²) in [4.78, 5) is 0. The summed E-state index contributed by atoms with van der Waals surface area (Å²) in [5.74, 6) is 1.54. The summed E-state index contributed by atoms with van der Waals surface area (Å²) in [7, 11) is 0. The topological polar surface area (TPSA) is 42.3 Å². The quantitative estimate of drug-likeness (QED) is 0.894. The molecule has 0 radical (unpaired) electrons. The van der Waals surface area contributed by atoms with Gasteiger partial charge in [-0.3, -0.25) is 0 Å². The predicted octanol–water partition coefficient (Wildman–Crippen LogP) is 3.03. The largest absolute Gasteiger partial charge is 0.489 e. The molecule has 2 aromatic carbocycles. The Hall–Kier alpha value is -2.29. The summed E-state index contributed by atoms with van der Waals surface area (Å²) < 4.78 is 11.1. The Labute approximate surface area is 105 Å². The van der Waals surface area contributed by atoms with Gasteiger partial charge >= 0.3 is 0 Å². The summed E-state index contributed by atoms with van der Waals surface area (Å²) in [5, 5.41) is 7.74. The first-order valence-electron chi connectivity index (χ1n) is 5.84. The predicted molar refractivity (Wildman–Crippen MR) is 69.5 cm³/mol. The summed E-state index contributed by atoms with van der Waals surface area (Å²) in [6, 6.07) is 15.6. The summed E-state index contributed by atoms with van der Waals surface area (Å²) in [6.07, 6.45) is 0. The van der Waals surface area contributed by atoms with Crippen LogP contribution in [-0.4, -0.2) is 12.3 Å².